The molecule has 1 N–H and O–H groups in total. The number of rotatable bonds is 8. The maximum Gasteiger partial charge on any atom is 0.119 e. The Kier molecular flexibility index (Phi) is 6.30. The first kappa shape index (κ1) is 15.9. The van der Waals surface area contributed by atoms with Crippen LogP contribution in [0.4, 0.5) is 5.69 Å². The van der Waals surface area contributed by atoms with Crippen LogP contribution in [-0.2, 0) is 0 Å². The Morgan fingerprint density at radius 2 is 1.68 bits per heavy atom. The Morgan fingerprint density at radius 1 is 1.00 bits per heavy atom. The molecule has 2 aromatic rings. The molecule has 0 amide bonds. The fourth-order valence-electron chi connectivity index (χ4n) is 1.83. The summed E-state index contributed by atoms with van der Waals surface area (Å²) in [6.07, 6.45) is 4.00. The number of ether oxygens (including phenoxy) is 2. The number of benzene rings is 2. The summed E-state index contributed by atoms with van der Waals surface area (Å²) in [4.78, 5) is 0. The van der Waals surface area contributed by atoms with E-state index in [1.165, 1.54) is 0 Å². The molecule has 0 aliphatic carbocycles. The maximum atomic E-state index is 5.63. The standard InChI is InChI=1S/C18H22N2O2/c1-3-4-13-22-18-9-5-15(6-10-18)14-19-20-16-7-11-17(21-2)12-8-16/h5-12,14,20H,3-4,13H2,1-2H3/b19-14+. The van der Waals surface area contributed by atoms with E-state index in [4.69, 9.17) is 9.47 Å². The Balaban J connectivity index is 1.84. The molecule has 0 saturated heterocycles. The number of methoxy groups -OCH3 is 1. The van der Waals surface area contributed by atoms with Crippen molar-refractivity contribution in [3.05, 3.63) is 54.1 Å². The van der Waals surface area contributed by atoms with Gasteiger partial charge in [0.25, 0.3) is 0 Å². The van der Waals surface area contributed by atoms with Crippen molar-refractivity contribution in [3.8, 4) is 11.5 Å². The highest BCUT2D eigenvalue weighted by Crippen LogP contribution is 2.15. The second-order valence-electron chi connectivity index (χ2n) is 4.87. The number of nitrogens with zero attached hydrogens (tertiary/aromatic N) is 1. The smallest absolute Gasteiger partial charge is 0.119 e. The highest BCUT2D eigenvalue weighted by molar-refractivity contribution is 5.80. The zero-order chi connectivity index (χ0) is 15.6. The van der Waals surface area contributed by atoms with Gasteiger partial charge in [0.05, 0.1) is 25.6 Å². The van der Waals surface area contributed by atoms with Gasteiger partial charge in [-0.25, -0.2) is 0 Å². The van der Waals surface area contributed by atoms with Gasteiger partial charge in [-0.1, -0.05) is 13.3 Å². The second kappa shape index (κ2) is 8.72. The van der Waals surface area contributed by atoms with Gasteiger partial charge in [0, 0.05) is 0 Å². The van der Waals surface area contributed by atoms with Gasteiger partial charge >= 0.3 is 0 Å². The monoisotopic (exact) mass is 298 g/mol. The molecule has 0 aromatic heterocycles. The van der Waals surface area contributed by atoms with Crippen LogP contribution in [0.15, 0.2) is 53.6 Å². The highest BCUT2D eigenvalue weighted by atomic mass is 16.5. The fourth-order valence-corrected chi connectivity index (χ4v) is 1.83. The molecule has 0 bridgehead atoms. The predicted molar refractivity (Wildman–Crippen MR) is 91.1 cm³/mol. The molecule has 0 aliphatic heterocycles. The number of nitrogens with one attached hydrogen (secondary N) is 1. The van der Waals surface area contributed by atoms with Crippen molar-refractivity contribution in [2.24, 2.45) is 5.10 Å². The van der Waals surface area contributed by atoms with Crippen LogP contribution in [0.2, 0.25) is 0 Å². The summed E-state index contributed by atoms with van der Waals surface area (Å²) in [6, 6.07) is 15.5. The molecular weight excluding hydrogens is 276 g/mol. The van der Waals surface area contributed by atoms with Crippen molar-refractivity contribution >= 4 is 11.9 Å². The van der Waals surface area contributed by atoms with Crippen LogP contribution in [0.25, 0.3) is 0 Å². The van der Waals surface area contributed by atoms with Crippen molar-refractivity contribution in [1.29, 1.82) is 0 Å². The molecule has 0 spiro atoms. The lowest BCUT2D eigenvalue weighted by Crippen LogP contribution is -1.96. The SMILES string of the molecule is CCCCOc1ccc(/C=N/Nc2ccc(OC)cc2)cc1. The summed E-state index contributed by atoms with van der Waals surface area (Å²) in [5.41, 5.74) is 4.91. The van der Waals surface area contributed by atoms with Gasteiger partial charge in [0.15, 0.2) is 0 Å². The molecule has 0 radical (unpaired) electrons. The van der Waals surface area contributed by atoms with E-state index in [0.29, 0.717) is 0 Å². The van der Waals surface area contributed by atoms with E-state index in [9.17, 15) is 0 Å². The third kappa shape index (κ3) is 5.13. The number of hydrogen-bond donors (Lipinski definition) is 1. The average Bonchev–Trinajstić information content (AvgIpc) is 2.57. The van der Waals surface area contributed by atoms with Crippen LogP contribution in [0.3, 0.4) is 0 Å². The van der Waals surface area contributed by atoms with Gasteiger partial charge in [-0.15, -0.1) is 0 Å². The molecular formula is C18H22N2O2. The minimum atomic E-state index is 0.767. The lowest BCUT2D eigenvalue weighted by Gasteiger charge is -2.05. The molecule has 0 aliphatic rings. The minimum Gasteiger partial charge on any atom is -0.497 e. The van der Waals surface area contributed by atoms with Crippen molar-refractivity contribution in [2.75, 3.05) is 19.1 Å². The van der Waals surface area contributed by atoms with Crippen molar-refractivity contribution in [2.45, 2.75) is 19.8 Å². The van der Waals surface area contributed by atoms with Gasteiger partial charge in [0.1, 0.15) is 11.5 Å². The first-order valence-electron chi connectivity index (χ1n) is 7.48. The van der Waals surface area contributed by atoms with Gasteiger partial charge in [-0.2, -0.15) is 5.10 Å². The zero-order valence-corrected chi connectivity index (χ0v) is 13.1. The molecule has 22 heavy (non-hydrogen) atoms. The molecule has 0 saturated carbocycles. The van der Waals surface area contributed by atoms with Crippen LogP contribution >= 0.6 is 0 Å². The Morgan fingerprint density at radius 3 is 2.32 bits per heavy atom. The van der Waals surface area contributed by atoms with Crippen LogP contribution in [-0.4, -0.2) is 19.9 Å². The van der Waals surface area contributed by atoms with Gasteiger partial charge in [-0.3, -0.25) is 5.43 Å². The third-order valence-electron chi connectivity index (χ3n) is 3.14. The quantitative estimate of drug-likeness (QED) is 0.448. The van der Waals surface area contributed by atoms with Crippen LogP contribution in [0, 0.1) is 0 Å². The molecule has 0 atom stereocenters. The first-order valence-corrected chi connectivity index (χ1v) is 7.48. The summed E-state index contributed by atoms with van der Waals surface area (Å²) in [6.45, 7) is 2.92. The van der Waals surface area contributed by atoms with Gasteiger partial charge in [0.2, 0.25) is 0 Å². The van der Waals surface area contributed by atoms with E-state index in [1.54, 1.807) is 13.3 Å². The molecule has 0 unspecified atom stereocenters. The normalized spacial score (nSPS) is 10.6. The summed E-state index contributed by atoms with van der Waals surface area (Å²) < 4.78 is 10.7. The molecule has 116 valence electrons. The molecule has 2 aromatic carbocycles. The Labute approximate surface area is 131 Å². The molecule has 4 heteroatoms. The first-order chi connectivity index (χ1) is 10.8. The summed E-state index contributed by atoms with van der Waals surface area (Å²) in [5, 5.41) is 4.22. The summed E-state index contributed by atoms with van der Waals surface area (Å²) in [7, 11) is 1.65. The maximum absolute atomic E-state index is 5.63. The Bertz CT molecular complexity index is 577. The predicted octanol–water partition coefficient (Wildman–Crippen LogP) is 4.32. The van der Waals surface area contributed by atoms with E-state index in [0.717, 1.165) is 42.2 Å². The lowest BCUT2D eigenvalue weighted by atomic mass is 10.2. The number of unbranched alkanes of at least 4 members (excludes halogenated alkanes) is 1. The number of hydrogen-bond acceptors (Lipinski definition) is 4. The molecule has 2 rings (SSSR count). The fraction of sp³-hybridized carbons (Fsp3) is 0.278. The number of anilines is 1. The van der Waals surface area contributed by atoms with E-state index in [1.807, 2.05) is 48.5 Å². The summed E-state index contributed by atoms with van der Waals surface area (Å²) in [5.74, 6) is 1.72. The van der Waals surface area contributed by atoms with Crippen LogP contribution in [0.5, 0.6) is 11.5 Å². The van der Waals surface area contributed by atoms with E-state index in [2.05, 4.69) is 17.5 Å². The summed E-state index contributed by atoms with van der Waals surface area (Å²) >= 11 is 0. The zero-order valence-electron chi connectivity index (χ0n) is 13.1. The van der Waals surface area contributed by atoms with Gasteiger partial charge < -0.3 is 9.47 Å². The second-order valence-corrected chi connectivity index (χ2v) is 4.87. The van der Waals surface area contributed by atoms with Crippen molar-refractivity contribution < 1.29 is 9.47 Å². The van der Waals surface area contributed by atoms with Crippen molar-refractivity contribution in [1.82, 2.24) is 0 Å². The number of hydrazone groups is 1. The lowest BCUT2D eigenvalue weighted by molar-refractivity contribution is 0.309. The average molecular weight is 298 g/mol. The molecule has 0 fully saturated rings. The van der Waals surface area contributed by atoms with E-state index < -0.39 is 0 Å². The van der Waals surface area contributed by atoms with Crippen molar-refractivity contribution in [3.63, 3.8) is 0 Å². The van der Waals surface area contributed by atoms with Crippen LogP contribution in [0.1, 0.15) is 25.3 Å². The van der Waals surface area contributed by atoms with Crippen LogP contribution < -0.4 is 14.9 Å². The minimum absolute atomic E-state index is 0.767. The van der Waals surface area contributed by atoms with E-state index >= 15 is 0 Å². The third-order valence-corrected chi connectivity index (χ3v) is 3.14. The van der Waals surface area contributed by atoms with E-state index in [-0.39, 0.29) is 0 Å². The molecule has 0 heterocycles. The van der Waals surface area contributed by atoms with Gasteiger partial charge in [-0.05, 0) is 60.5 Å². The molecule has 4 nitrogen and oxygen atoms in total. The topological polar surface area (TPSA) is 42.8 Å². The Hall–Kier alpha value is -2.49. The highest BCUT2D eigenvalue weighted by Gasteiger charge is 1.94. The largest absolute Gasteiger partial charge is 0.497 e.